The molecule has 3 aromatic rings. The molecule has 0 atom stereocenters. The number of para-hydroxylation sites is 1. The van der Waals surface area contributed by atoms with Crippen molar-refractivity contribution in [1.29, 1.82) is 0 Å². The van der Waals surface area contributed by atoms with Gasteiger partial charge in [-0.25, -0.2) is 8.42 Å². The summed E-state index contributed by atoms with van der Waals surface area (Å²) < 4.78 is 37.6. The summed E-state index contributed by atoms with van der Waals surface area (Å²) in [5, 5.41) is 1.01. The van der Waals surface area contributed by atoms with Crippen LogP contribution in [0.2, 0.25) is 0 Å². The zero-order valence-corrected chi connectivity index (χ0v) is 17.7. The summed E-state index contributed by atoms with van der Waals surface area (Å²) in [5.74, 6) is 1.55. The third-order valence-electron chi connectivity index (χ3n) is 5.83. The molecule has 0 spiro atoms. The molecule has 0 amide bonds. The van der Waals surface area contributed by atoms with Crippen molar-refractivity contribution in [3.05, 3.63) is 53.7 Å². The molecule has 0 fully saturated rings. The number of benzene rings is 2. The third kappa shape index (κ3) is 3.44. The summed E-state index contributed by atoms with van der Waals surface area (Å²) in [7, 11) is -3.37. The number of anilines is 1. The summed E-state index contributed by atoms with van der Waals surface area (Å²) >= 11 is 0. The van der Waals surface area contributed by atoms with Gasteiger partial charge in [0.05, 0.1) is 17.5 Å². The fourth-order valence-electron chi connectivity index (χ4n) is 4.37. The van der Waals surface area contributed by atoms with Crippen molar-refractivity contribution in [1.82, 2.24) is 4.98 Å². The molecule has 0 saturated carbocycles. The molecule has 1 aromatic heterocycles. The monoisotopic (exact) mass is 414 g/mol. The fourth-order valence-corrected chi connectivity index (χ4v) is 4.94. The number of aromatic amines is 1. The van der Waals surface area contributed by atoms with E-state index in [2.05, 4.69) is 35.7 Å². The minimum Gasteiger partial charge on any atom is -0.486 e. The maximum Gasteiger partial charge on any atom is 0.229 e. The van der Waals surface area contributed by atoms with Gasteiger partial charge in [-0.3, -0.25) is 4.72 Å². The molecule has 0 bridgehead atoms. The lowest BCUT2D eigenvalue weighted by molar-refractivity contribution is 0.171. The van der Waals surface area contributed by atoms with Crippen LogP contribution < -0.4 is 14.2 Å². The molecule has 7 heteroatoms. The lowest BCUT2D eigenvalue weighted by Gasteiger charge is -2.33. The number of hydrogen-bond acceptors (Lipinski definition) is 4. The van der Waals surface area contributed by atoms with Gasteiger partial charge in [-0.2, -0.15) is 0 Å². The first kappa shape index (κ1) is 19.6. The van der Waals surface area contributed by atoms with Gasteiger partial charge in [0.1, 0.15) is 13.2 Å². The van der Waals surface area contributed by atoms with Crippen molar-refractivity contribution < 1.29 is 17.9 Å². The van der Waals surface area contributed by atoms with E-state index in [0.29, 0.717) is 18.9 Å². The topological polar surface area (TPSA) is 80.4 Å². The van der Waals surface area contributed by atoms with Crippen molar-refractivity contribution in [2.45, 2.75) is 32.1 Å². The summed E-state index contributed by atoms with van der Waals surface area (Å²) in [6.07, 6.45) is 4.94. The van der Waals surface area contributed by atoms with Gasteiger partial charge in [0.25, 0.3) is 0 Å². The average Bonchev–Trinajstić information content (AvgIpc) is 3.14. The molecule has 1 aliphatic heterocycles. The van der Waals surface area contributed by atoms with Gasteiger partial charge in [0, 0.05) is 17.0 Å². The normalized spacial score (nSPS) is 14.2. The minimum absolute atomic E-state index is 0.238. The Kier molecular flexibility index (Phi) is 4.94. The van der Waals surface area contributed by atoms with E-state index < -0.39 is 10.0 Å². The molecule has 4 rings (SSSR count). The first-order chi connectivity index (χ1) is 13.9. The second kappa shape index (κ2) is 7.30. The van der Waals surface area contributed by atoms with Gasteiger partial charge in [-0.05, 0) is 42.2 Å². The van der Waals surface area contributed by atoms with E-state index >= 15 is 0 Å². The highest BCUT2D eigenvalue weighted by Crippen LogP contribution is 2.45. The Morgan fingerprint density at radius 2 is 1.79 bits per heavy atom. The second-order valence-corrected chi connectivity index (χ2v) is 9.20. The molecule has 1 aliphatic rings. The number of H-pyrrole nitrogens is 1. The number of fused-ring (bicyclic) bond motifs is 2. The predicted octanol–water partition coefficient (Wildman–Crippen LogP) is 4.42. The van der Waals surface area contributed by atoms with E-state index in [1.807, 2.05) is 24.4 Å². The largest absolute Gasteiger partial charge is 0.486 e. The van der Waals surface area contributed by atoms with Gasteiger partial charge >= 0.3 is 0 Å². The molecule has 154 valence electrons. The Hall–Kier alpha value is -2.67. The molecule has 0 aliphatic carbocycles. The number of sulfonamides is 1. The predicted molar refractivity (Wildman–Crippen MR) is 116 cm³/mol. The molecule has 6 nitrogen and oxygen atoms in total. The van der Waals surface area contributed by atoms with Gasteiger partial charge in [-0.15, -0.1) is 0 Å². The molecule has 29 heavy (non-hydrogen) atoms. The summed E-state index contributed by atoms with van der Waals surface area (Å²) in [4.78, 5) is 3.30. The Morgan fingerprint density at radius 1 is 1.07 bits per heavy atom. The molecule has 0 radical (unpaired) electrons. The zero-order chi connectivity index (χ0) is 20.6. The Bertz CT molecular complexity index is 1150. The first-order valence-electron chi connectivity index (χ1n) is 9.86. The molecule has 2 N–H and O–H groups in total. The van der Waals surface area contributed by atoms with E-state index in [0.717, 1.165) is 52.6 Å². The molecule has 0 unspecified atom stereocenters. The number of rotatable bonds is 6. The lowest BCUT2D eigenvalue weighted by Crippen LogP contribution is -2.26. The van der Waals surface area contributed by atoms with Crippen LogP contribution in [0, 0.1) is 0 Å². The van der Waals surface area contributed by atoms with Gasteiger partial charge in [-0.1, -0.05) is 32.0 Å². The Labute approximate surface area is 171 Å². The quantitative estimate of drug-likeness (QED) is 0.626. The van der Waals surface area contributed by atoms with Gasteiger partial charge in [0.15, 0.2) is 11.5 Å². The van der Waals surface area contributed by atoms with Crippen LogP contribution in [0.4, 0.5) is 5.69 Å². The van der Waals surface area contributed by atoms with Crippen molar-refractivity contribution in [2.75, 3.05) is 24.2 Å². The number of nitrogens with one attached hydrogen (secondary N) is 2. The smallest absolute Gasteiger partial charge is 0.229 e. The van der Waals surface area contributed by atoms with Gasteiger partial charge in [0.2, 0.25) is 10.0 Å². The third-order valence-corrected chi connectivity index (χ3v) is 6.42. The highest BCUT2D eigenvalue weighted by Gasteiger charge is 2.34. The first-order valence-corrected chi connectivity index (χ1v) is 11.8. The highest BCUT2D eigenvalue weighted by molar-refractivity contribution is 7.92. The SMILES string of the molecule is CCC(CC)(c1ccc2c(c1)OCCO2)c1c[nH]c2c(NS(C)(=O)=O)cccc12. The highest BCUT2D eigenvalue weighted by atomic mass is 32.2. The number of ether oxygens (including phenoxy) is 2. The van der Waals surface area contributed by atoms with Crippen LogP contribution in [0.5, 0.6) is 11.5 Å². The van der Waals surface area contributed by atoms with Crippen molar-refractivity contribution >= 4 is 26.6 Å². The molecule has 2 heterocycles. The summed E-state index contributed by atoms with van der Waals surface area (Å²) in [6.45, 7) is 5.47. The van der Waals surface area contributed by atoms with E-state index in [1.165, 1.54) is 0 Å². The lowest BCUT2D eigenvalue weighted by atomic mass is 9.70. The van der Waals surface area contributed by atoms with E-state index in [4.69, 9.17) is 9.47 Å². The van der Waals surface area contributed by atoms with Crippen molar-refractivity contribution in [3.63, 3.8) is 0 Å². The number of aromatic nitrogens is 1. The van der Waals surface area contributed by atoms with Crippen LogP contribution in [0.15, 0.2) is 42.6 Å². The molecule has 2 aromatic carbocycles. The minimum atomic E-state index is -3.37. The maximum atomic E-state index is 11.8. The van der Waals surface area contributed by atoms with E-state index in [9.17, 15) is 8.42 Å². The van der Waals surface area contributed by atoms with Crippen LogP contribution in [-0.4, -0.2) is 32.9 Å². The van der Waals surface area contributed by atoms with Crippen LogP contribution in [0.25, 0.3) is 10.9 Å². The molecular weight excluding hydrogens is 388 g/mol. The zero-order valence-electron chi connectivity index (χ0n) is 16.9. The number of hydrogen-bond donors (Lipinski definition) is 2. The molecule has 0 saturated heterocycles. The van der Waals surface area contributed by atoms with Crippen LogP contribution in [-0.2, 0) is 15.4 Å². The van der Waals surface area contributed by atoms with Crippen molar-refractivity contribution in [3.8, 4) is 11.5 Å². The van der Waals surface area contributed by atoms with Gasteiger partial charge < -0.3 is 14.5 Å². The second-order valence-electron chi connectivity index (χ2n) is 7.45. The van der Waals surface area contributed by atoms with Crippen LogP contribution >= 0.6 is 0 Å². The van der Waals surface area contributed by atoms with Crippen LogP contribution in [0.1, 0.15) is 37.8 Å². The standard InChI is InChI=1S/C22H26N2O4S/c1-4-22(5-2,15-9-10-19-20(13-15)28-12-11-27-19)17-14-23-21-16(17)7-6-8-18(21)24-29(3,25)26/h6-10,13-14,23-24H,4-5,11-12H2,1-3H3. The Morgan fingerprint density at radius 3 is 2.48 bits per heavy atom. The fraction of sp³-hybridized carbons (Fsp3) is 0.364. The molecular formula is C22H26N2O4S. The van der Waals surface area contributed by atoms with E-state index in [-0.39, 0.29) is 5.41 Å². The maximum absolute atomic E-state index is 11.8. The summed E-state index contributed by atoms with van der Waals surface area (Å²) in [5.41, 5.74) is 3.41. The van der Waals surface area contributed by atoms with Crippen LogP contribution in [0.3, 0.4) is 0 Å². The summed E-state index contributed by atoms with van der Waals surface area (Å²) in [6, 6.07) is 11.9. The van der Waals surface area contributed by atoms with E-state index in [1.54, 1.807) is 6.07 Å². The Balaban J connectivity index is 1.88. The van der Waals surface area contributed by atoms with Crippen molar-refractivity contribution in [2.24, 2.45) is 0 Å². The average molecular weight is 415 g/mol.